The van der Waals surface area contributed by atoms with Crippen LogP contribution in [0, 0.1) is 5.92 Å². The maximum Gasteiger partial charge on any atom is 0.319 e. The Morgan fingerprint density at radius 3 is 2.56 bits per heavy atom. The summed E-state index contributed by atoms with van der Waals surface area (Å²) >= 11 is 0. The molecule has 3 N–H and O–H groups in total. The average molecular weight is 348 g/mol. The van der Waals surface area contributed by atoms with Crippen molar-refractivity contribution in [2.45, 2.75) is 32.8 Å². The lowest BCUT2D eigenvalue weighted by molar-refractivity contribution is 0.00827. The summed E-state index contributed by atoms with van der Waals surface area (Å²) in [5.74, 6) is 0.116. The van der Waals surface area contributed by atoms with E-state index in [9.17, 15) is 9.90 Å². The van der Waals surface area contributed by atoms with E-state index in [0.717, 1.165) is 44.0 Å². The zero-order valence-corrected chi connectivity index (χ0v) is 15.9. The number of nitrogens with one attached hydrogen (secondary N) is 2. The minimum atomic E-state index is -0.914. The second-order valence-corrected chi connectivity index (χ2v) is 7.28. The quantitative estimate of drug-likeness (QED) is 0.738. The molecule has 2 amide bonds. The van der Waals surface area contributed by atoms with Crippen LogP contribution in [-0.2, 0) is 0 Å². The van der Waals surface area contributed by atoms with E-state index in [-0.39, 0.29) is 18.5 Å². The molecule has 1 aromatic carbocycles. The van der Waals surface area contributed by atoms with Gasteiger partial charge in [0, 0.05) is 32.7 Å². The topological polar surface area (TPSA) is 67.8 Å². The van der Waals surface area contributed by atoms with Gasteiger partial charge in [0.15, 0.2) is 0 Å². The summed E-state index contributed by atoms with van der Waals surface area (Å²) in [6, 6.07) is 7.58. The molecule has 0 saturated carbocycles. The van der Waals surface area contributed by atoms with Crippen molar-refractivity contribution < 1.29 is 9.90 Å². The van der Waals surface area contributed by atoms with Crippen LogP contribution in [0.1, 0.15) is 27.2 Å². The van der Waals surface area contributed by atoms with Gasteiger partial charge in [-0.05, 0) is 32.0 Å². The van der Waals surface area contributed by atoms with E-state index < -0.39 is 5.60 Å². The first kappa shape index (κ1) is 19.5. The number of nitrogens with zero attached hydrogens (tertiary/aromatic N) is 2. The van der Waals surface area contributed by atoms with Gasteiger partial charge in [-0.15, -0.1) is 0 Å². The van der Waals surface area contributed by atoms with Crippen LogP contribution in [0.15, 0.2) is 24.3 Å². The largest absolute Gasteiger partial charge is 0.388 e. The highest BCUT2D eigenvalue weighted by molar-refractivity contribution is 5.93. The number of benzene rings is 1. The Balaban J connectivity index is 1.97. The maximum absolute atomic E-state index is 12.3. The summed E-state index contributed by atoms with van der Waals surface area (Å²) in [6.07, 6.45) is 0.864. The summed E-state index contributed by atoms with van der Waals surface area (Å²) < 4.78 is 0. The maximum atomic E-state index is 12.3. The van der Waals surface area contributed by atoms with Crippen LogP contribution in [0.25, 0.3) is 0 Å². The van der Waals surface area contributed by atoms with Crippen LogP contribution in [0.3, 0.4) is 0 Å². The van der Waals surface area contributed by atoms with Gasteiger partial charge >= 0.3 is 6.03 Å². The summed E-state index contributed by atoms with van der Waals surface area (Å²) in [4.78, 5) is 16.9. The molecule has 2 unspecified atom stereocenters. The molecule has 6 heteroatoms. The highest BCUT2D eigenvalue weighted by Gasteiger charge is 2.27. The second kappa shape index (κ2) is 8.54. The first-order valence-electron chi connectivity index (χ1n) is 9.13. The Hall–Kier alpha value is -1.79. The molecular weight excluding hydrogens is 316 g/mol. The number of carbonyl (C=O) groups excluding carboxylic acids is 1. The average Bonchev–Trinajstić information content (AvgIpc) is 2.60. The van der Waals surface area contributed by atoms with Crippen LogP contribution < -0.4 is 15.5 Å². The highest BCUT2D eigenvalue weighted by Crippen LogP contribution is 2.26. The van der Waals surface area contributed by atoms with E-state index in [1.807, 2.05) is 38.1 Å². The van der Waals surface area contributed by atoms with Crippen molar-refractivity contribution >= 4 is 17.4 Å². The van der Waals surface area contributed by atoms with Crippen LogP contribution in [0.2, 0.25) is 0 Å². The lowest BCUT2D eigenvalue weighted by Crippen LogP contribution is -2.46. The van der Waals surface area contributed by atoms with E-state index in [2.05, 4.69) is 27.5 Å². The molecule has 1 aliphatic heterocycles. The molecule has 0 bridgehead atoms. The number of carbonyl (C=O) groups is 1. The molecule has 0 spiro atoms. The Morgan fingerprint density at radius 2 is 1.92 bits per heavy atom. The lowest BCUT2D eigenvalue weighted by Gasteiger charge is -2.35. The monoisotopic (exact) mass is 348 g/mol. The molecule has 0 aliphatic carbocycles. The number of anilines is 2. The molecule has 0 aromatic heterocycles. The second-order valence-electron chi connectivity index (χ2n) is 7.28. The Kier molecular flexibility index (Phi) is 6.67. The summed E-state index contributed by atoms with van der Waals surface area (Å²) in [5.41, 5.74) is 0.926. The number of para-hydroxylation sites is 2. The predicted octanol–water partition coefficient (Wildman–Crippen LogP) is 2.36. The number of urea groups is 1. The molecule has 2 atom stereocenters. The Bertz CT molecular complexity index is 568. The molecular formula is C19H32N4O2. The molecule has 140 valence electrons. The fourth-order valence-electron chi connectivity index (χ4n) is 2.94. The fraction of sp³-hybridized carbons (Fsp3) is 0.632. The van der Waals surface area contributed by atoms with Crippen molar-refractivity contribution in [1.29, 1.82) is 0 Å². The van der Waals surface area contributed by atoms with Crippen molar-refractivity contribution in [3.05, 3.63) is 24.3 Å². The molecule has 2 rings (SSSR count). The minimum Gasteiger partial charge on any atom is -0.388 e. The smallest absolute Gasteiger partial charge is 0.319 e. The van der Waals surface area contributed by atoms with Crippen LogP contribution in [0.5, 0.6) is 0 Å². The third-order valence-corrected chi connectivity index (χ3v) is 5.28. The van der Waals surface area contributed by atoms with E-state index in [1.54, 1.807) is 6.92 Å². The van der Waals surface area contributed by atoms with Gasteiger partial charge in [-0.3, -0.25) is 0 Å². The van der Waals surface area contributed by atoms with Gasteiger partial charge in [-0.1, -0.05) is 32.4 Å². The predicted molar refractivity (Wildman–Crippen MR) is 103 cm³/mol. The fourth-order valence-corrected chi connectivity index (χ4v) is 2.94. The Labute approximate surface area is 151 Å². The molecule has 1 saturated heterocycles. The first-order valence-corrected chi connectivity index (χ1v) is 9.13. The molecule has 1 fully saturated rings. The van der Waals surface area contributed by atoms with E-state index in [1.165, 1.54) is 0 Å². The zero-order valence-electron chi connectivity index (χ0n) is 15.9. The molecule has 25 heavy (non-hydrogen) atoms. The van der Waals surface area contributed by atoms with Gasteiger partial charge in [0.2, 0.25) is 0 Å². The summed E-state index contributed by atoms with van der Waals surface area (Å²) in [5, 5.41) is 16.2. The number of piperazine rings is 1. The lowest BCUT2D eigenvalue weighted by atomic mass is 9.89. The molecule has 0 radical (unpaired) electrons. The van der Waals surface area contributed by atoms with Crippen molar-refractivity contribution in [1.82, 2.24) is 10.2 Å². The number of amides is 2. The summed E-state index contributed by atoms with van der Waals surface area (Å²) in [6.45, 7) is 9.92. The molecule has 1 heterocycles. The number of hydrogen-bond acceptors (Lipinski definition) is 4. The number of rotatable bonds is 6. The van der Waals surface area contributed by atoms with E-state index >= 15 is 0 Å². The van der Waals surface area contributed by atoms with Crippen molar-refractivity contribution in [3.8, 4) is 0 Å². The normalized spacial score (nSPS) is 19.2. The standard InChI is InChI=1S/C19H32N4O2/c1-5-15(2)19(3,25)14-20-18(24)21-16-8-6-7-9-17(16)23-12-10-22(4)11-13-23/h6-9,15,25H,5,10-14H2,1-4H3,(H2,20,21,24). The molecule has 1 aliphatic rings. The van der Waals surface area contributed by atoms with Gasteiger partial charge in [0.25, 0.3) is 0 Å². The third kappa shape index (κ3) is 5.34. The summed E-state index contributed by atoms with van der Waals surface area (Å²) in [7, 11) is 2.12. The van der Waals surface area contributed by atoms with Crippen molar-refractivity contribution in [2.24, 2.45) is 5.92 Å². The number of aliphatic hydroxyl groups is 1. The van der Waals surface area contributed by atoms with Gasteiger partial charge in [0.1, 0.15) is 0 Å². The minimum absolute atomic E-state index is 0.116. The van der Waals surface area contributed by atoms with E-state index in [4.69, 9.17) is 0 Å². The molecule has 6 nitrogen and oxygen atoms in total. The third-order valence-electron chi connectivity index (χ3n) is 5.28. The first-order chi connectivity index (χ1) is 11.8. The van der Waals surface area contributed by atoms with Crippen molar-refractivity contribution in [3.63, 3.8) is 0 Å². The number of likely N-dealkylation sites (N-methyl/N-ethyl adjacent to an activating group) is 1. The zero-order chi connectivity index (χ0) is 18.4. The SMILES string of the molecule is CCC(C)C(C)(O)CNC(=O)Nc1ccccc1N1CCN(C)CC1. The van der Waals surface area contributed by atoms with Crippen molar-refractivity contribution in [2.75, 3.05) is 50.0 Å². The van der Waals surface area contributed by atoms with Gasteiger partial charge in [-0.25, -0.2) is 4.79 Å². The van der Waals surface area contributed by atoms with Gasteiger partial charge in [-0.2, -0.15) is 0 Å². The van der Waals surface area contributed by atoms with Gasteiger partial charge in [0.05, 0.1) is 17.0 Å². The number of hydrogen-bond donors (Lipinski definition) is 3. The van der Waals surface area contributed by atoms with Crippen LogP contribution in [0.4, 0.5) is 16.2 Å². The van der Waals surface area contributed by atoms with E-state index in [0.29, 0.717) is 0 Å². The van der Waals surface area contributed by atoms with Crippen LogP contribution >= 0.6 is 0 Å². The highest BCUT2D eigenvalue weighted by atomic mass is 16.3. The van der Waals surface area contributed by atoms with Gasteiger partial charge < -0.3 is 25.5 Å². The Morgan fingerprint density at radius 1 is 1.28 bits per heavy atom. The van der Waals surface area contributed by atoms with Crippen LogP contribution in [-0.4, -0.2) is 61.4 Å². The molecule has 1 aromatic rings.